The number of carbonyl (C=O) groups is 2. The average molecular weight is 523 g/mol. The van der Waals surface area contributed by atoms with Crippen LogP contribution in [0, 0.1) is 11.6 Å². The highest BCUT2D eigenvalue weighted by atomic mass is 32.1. The molecule has 0 saturated heterocycles. The minimum Gasteiger partial charge on any atom is -0.491 e. The molecule has 2 aromatic carbocycles. The zero-order chi connectivity index (χ0) is 25.8. The van der Waals surface area contributed by atoms with E-state index in [1.165, 1.54) is 41.5 Å². The molecule has 0 fully saturated rings. The summed E-state index contributed by atoms with van der Waals surface area (Å²) < 4.78 is 39.4. The largest absolute Gasteiger partial charge is 0.491 e. The molecular formula is C28H24F2N2O4S. The van der Waals surface area contributed by atoms with Crippen LogP contribution in [0.2, 0.25) is 0 Å². The first-order valence-corrected chi connectivity index (χ1v) is 12.7. The molecule has 1 aliphatic rings. The minimum atomic E-state index is -0.661. The van der Waals surface area contributed by atoms with Crippen LogP contribution in [0.3, 0.4) is 0 Å². The number of benzene rings is 2. The summed E-state index contributed by atoms with van der Waals surface area (Å²) in [4.78, 5) is 31.1. The van der Waals surface area contributed by atoms with Gasteiger partial charge in [-0.15, -0.1) is 11.3 Å². The topological polar surface area (TPSA) is 63.0 Å². The first kappa shape index (κ1) is 24.7. The van der Waals surface area contributed by atoms with Crippen LogP contribution in [-0.4, -0.2) is 41.3 Å². The van der Waals surface area contributed by atoms with Crippen molar-refractivity contribution in [2.24, 2.45) is 0 Å². The van der Waals surface area contributed by atoms with Crippen LogP contribution in [0.4, 0.5) is 8.78 Å². The van der Waals surface area contributed by atoms with Crippen molar-refractivity contribution in [2.75, 3.05) is 19.7 Å². The molecule has 1 atom stereocenters. The van der Waals surface area contributed by atoms with Crippen LogP contribution in [0.15, 0.2) is 82.8 Å². The van der Waals surface area contributed by atoms with E-state index in [1.807, 2.05) is 11.4 Å². The molecule has 9 heteroatoms. The lowest BCUT2D eigenvalue weighted by molar-refractivity contribution is -0.135. The molecule has 3 heterocycles. The highest BCUT2D eigenvalue weighted by molar-refractivity contribution is 7.10. The van der Waals surface area contributed by atoms with Crippen LogP contribution >= 0.6 is 11.3 Å². The Morgan fingerprint density at radius 3 is 2.73 bits per heavy atom. The Hall–Kier alpha value is -3.98. The molecule has 2 amide bonds. The third-order valence-electron chi connectivity index (χ3n) is 6.26. The van der Waals surface area contributed by atoms with E-state index in [4.69, 9.17) is 9.15 Å². The van der Waals surface area contributed by atoms with Crippen molar-refractivity contribution in [3.8, 4) is 5.75 Å². The Kier molecular flexibility index (Phi) is 7.32. The van der Waals surface area contributed by atoms with Crippen molar-refractivity contribution >= 4 is 23.2 Å². The van der Waals surface area contributed by atoms with E-state index < -0.39 is 23.6 Å². The summed E-state index contributed by atoms with van der Waals surface area (Å²) in [5.41, 5.74) is 0.852. The van der Waals surface area contributed by atoms with Gasteiger partial charge in [-0.25, -0.2) is 8.78 Å². The molecule has 0 unspecified atom stereocenters. The molecule has 0 aliphatic carbocycles. The summed E-state index contributed by atoms with van der Waals surface area (Å²) in [6.45, 7) is 0.294. The van der Waals surface area contributed by atoms with Crippen LogP contribution in [0.25, 0.3) is 0 Å². The summed E-state index contributed by atoms with van der Waals surface area (Å²) in [6.07, 6.45) is 2.15. The fraction of sp³-hybridized carbons (Fsp3) is 0.214. The Morgan fingerprint density at radius 1 is 1.08 bits per heavy atom. The molecule has 4 aromatic rings. The third kappa shape index (κ3) is 5.56. The van der Waals surface area contributed by atoms with Gasteiger partial charge in [0.1, 0.15) is 36.3 Å². The van der Waals surface area contributed by atoms with E-state index in [9.17, 15) is 18.4 Å². The number of ether oxygens (including phenoxy) is 1. The van der Waals surface area contributed by atoms with Gasteiger partial charge in [0.15, 0.2) is 0 Å². The van der Waals surface area contributed by atoms with Crippen molar-refractivity contribution in [1.29, 1.82) is 0 Å². The lowest BCUT2D eigenvalue weighted by Gasteiger charge is -2.37. The fourth-order valence-corrected chi connectivity index (χ4v) is 5.38. The number of furan rings is 1. The van der Waals surface area contributed by atoms with Gasteiger partial charge in [-0.3, -0.25) is 9.59 Å². The zero-order valence-electron chi connectivity index (χ0n) is 19.8. The van der Waals surface area contributed by atoms with Gasteiger partial charge >= 0.3 is 0 Å². The Bertz CT molecular complexity index is 1390. The van der Waals surface area contributed by atoms with E-state index >= 15 is 0 Å². The van der Waals surface area contributed by atoms with E-state index in [1.54, 1.807) is 46.6 Å². The second kappa shape index (κ2) is 11.0. The van der Waals surface area contributed by atoms with Crippen molar-refractivity contribution < 1.29 is 27.5 Å². The second-order valence-electron chi connectivity index (χ2n) is 8.64. The maximum atomic E-state index is 14.4. The highest BCUT2D eigenvalue weighted by Gasteiger charge is 2.34. The molecule has 190 valence electrons. The molecule has 0 radical (unpaired) electrons. The normalized spacial score (nSPS) is 14.8. The summed E-state index contributed by atoms with van der Waals surface area (Å²) in [7, 11) is 0. The van der Waals surface area contributed by atoms with Crippen molar-refractivity contribution in [1.82, 2.24) is 9.80 Å². The van der Waals surface area contributed by atoms with Crippen LogP contribution in [-0.2, 0) is 17.8 Å². The molecule has 5 rings (SSSR count). The van der Waals surface area contributed by atoms with E-state index in [0.29, 0.717) is 24.5 Å². The summed E-state index contributed by atoms with van der Waals surface area (Å²) in [6, 6.07) is 16.5. The third-order valence-corrected chi connectivity index (χ3v) is 7.26. The van der Waals surface area contributed by atoms with E-state index in [-0.39, 0.29) is 31.2 Å². The van der Waals surface area contributed by atoms with Gasteiger partial charge in [0.25, 0.3) is 5.91 Å². The molecule has 2 aromatic heterocycles. The number of amides is 2. The van der Waals surface area contributed by atoms with Gasteiger partial charge in [-0.05, 0) is 59.8 Å². The predicted octanol–water partition coefficient (Wildman–Crippen LogP) is 5.47. The number of carbonyl (C=O) groups excluding carboxylic acids is 2. The number of hydrogen-bond donors (Lipinski definition) is 0. The lowest BCUT2D eigenvalue weighted by Crippen LogP contribution is -2.47. The zero-order valence-corrected chi connectivity index (χ0v) is 20.6. The molecule has 0 bridgehead atoms. The number of fused-ring (bicyclic) bond motifs is 1. The SMILES string of the molecule is O=C(c1ccccc1F)N(CC(=O)N1CCc2sccc2[C@H]1COc1cccc(F)c1)Cc1ccco1. The summed E-state index contributed by atoms with van der Waals surface area (Å²) in [5, 5.41) is 1.97. The van der Waals surface area contributed by atoms with Gasteiger partial charge in [-0.1, -0.05) is 18.2 Å². The summed E-state index contributed by atoms with van der Waals surface area (Å²) in [5.74, 6) is -1.15. The molecule has 0 spiro atoms. The minimum absolute atomic E-state index is 0.00784. The quantitative estimate of drug-likeness (QED) is 0.308. The van der Waals surface area contributed by atoms with Crippen molar-refractivity contribution in [2.45, 2.75) is 19.0 Å². The maximum absolute atomic E-state index is 14.4. The molecule has 1 aliphatic heterocycles. The van der Waals surface area contributed by atoms with Crippen molar-refractivity contribution in [3.05, 3.63) is 112 Å². The number of nitrogens with zero attached hydrogens (tertiary/aromatic N) is 2. The van der Waals surface area contributed by atoms with Gasteiger partial charge in [0.2, 0.25) is 5.91 Å². The standard InChI is InChI=1S/C28H24F2N2O4S/c29-19-5-3-6-20(15-19)36-18-25-23-11-14-37-26(23)10-12-32(25)27(33)17-31(16-21-7-4-13-35-21)28(34)22-8-1-2-9-24(22)30/h1-9,11,13-15,25H,10,12,16-18H2/t25-/m1/s1. The number of halogens is 2. The highest BCUT2D eigenvalue weighted by Crippen LogP contribution is 2.34. The fourth-order valence-electron chi connectivity index (χ4n) is 4.46. The van der Waals surface area contributed by atoms with E-state index in [0.717, 1.165) is 10.4 Å². The molecule has 0 N–H and O–H groups in total. The first-order chi connectivity index (χ1) is 18.0. The van der Waals surface area contributed by atoms with Crippen LogP contribution in [0.1, 0.15) is 32.6 Å². The summed E-state index contributed by atoms with van der Waals surface area (Å²) >= 11 is 1.62. The number of thiophene rings is 1. The second-order valence-corrected chi connectivity index (χ2v) is 9.64. The van der Waals surface area contributed by atoms with Gasteiger partial charge < -0.3 is 19.0 Å². The number of hydrogen-bond acceptors (Lipinski definition) is 5. The van der Waals surface area contributed by atoms with Crippen molar-refractivity contribution in [3.63, 3.8) is 0 Å². The first-order valence-electron chi connectivity index (χ1n) is 11.8. The van der Waals surface area contributed by atoms with E-state index in [2.05, 4.69) is 0 Å². The number of rotatable bonds is 8. The van der Waals surface area contributed by atoms with Crippen LogP contribution in [0.5, 0.6) is 5.75 Å². The van der Waals surface area contributed by atoms with Gasteiger partial charge in [0, 0.05) is 17.5 Å². The average Bonchev–Trinajstić information content (AvgIpc) is 3.59. The Balaban J connectivity index is 1.38. The van der Waals surface area contributed by atoms with Gasteiger partial charge in [-0.2, -0.15) is 0 Å². The lowest BCUT2D eigenvalue weighted by atomic mass is 10.0. The molecule has 0 saturated carbocycles. The monoisotopic (exact) mass is 522 g/mol. The maximum Gasteiger partial charge on any atom is 0.257 e. The van der Waals surface area contributed by atoms with Gasteiger partial charge in [0.05, 0.1) is 24.4 Å². The molecule has 37 heavy (non-hydrogen) atoms. The predicted molar refractivity (Wildman–Crippen MR) is 134 cm³/mol. The molecule has 6 nitrogen and oxygen atoms in total. The Labute approximate surface area is 216 Å². The van der Waals surface area contributed by atoms with Crippen LogP contribution < -0.4 is 4.74 Å². The smallest absolute Gasteiger partial charge is 0.257 e. The molecular weight excluding hydrogens is 498 g/mol. The Morgan fingerprint density at radius 2 is 1.95 bits per heavy atom.